The van der Waals surface area contributed by atoms with Crippen molar-refractivity contribution in [3.63, 3.8) is 0 Å². The smallest absolute Gasteiger partial charge is 0.274 e. The van der Waals surface area contributed by atoms with Crippen LogP contribution in [0, 0.1) is 0 Å². The van der Waals surface area contributed by atoms with Gasteiger partial charge in [-0.3, -0.25) is 14.4 Å². The van der Waals surface area contributed by atoms with Gasteiger partial charge >= 0.3 is 0 Å². The molecule has 0 bridgehead atoms. The van der Waals surface area contributed by atoms with Crippen molar-refractivity contribution in [3.05, 3.63) is 68.5 Å². The zero-order valence-corrected chi connectivity index (χ0v) is 19.5. The van der Waals surface area contributed by atoms with Crippen molar-refractivity contribution in [2.75, 3.05) is 18.9 Å². The number of halogens is 3. The number of pyridine rings is 1. The molecule has 0 unspecified atom stereocenters. The third kappa shape index (κ3) is 5.30. The Kier molecular flexibility index (Phi) is 7.09. The average molecular weight is 525 g/mol. The summed E-state index contributed by atoms with van der Waals surface area (Å²) in [5.74, 6) is -0.918. The predicted molar refractivity (Wildman–Crippen MR) is 121 cm³/mol. The molecule has 0 atom stereocenters. The number of benzene rings is 1. The Bertz CT molecular complexity index is 1180. The van der Waals surface area contributed by atoms with Crippen molar-refractivity contribution in [2.24, 2.45) is 0 Å². The van der Waals surface area contributed by atoms with Crippen LogP contribution in [0.25, 0.3) is 5.82 Å². The van der Waals surface area contributed by atoms with Crippen molar-refractivity contribution in [3.8, 4) is 5.82 Å². The van der Waals surface area contributed by atoms with Gasteiger partial charge in [-0.25, -0.2) is 9.67 Å². The number of carbonyl (C=O) groups is 3. The monoisotopic (exact) mass is 523 g/mol. The Morgan fingerprint density at radius 2 is 1.94 bits per heavy atom. The van der Waals surface area contributed by atoms with Gasteiger partial charge < -0.3 is 10.2 Å². The Morgan fingerprint density at radius 1 is 1.19 bits per heavy atom. The molecule has 160 valence electrons. The van der Waals surface area contributed by atoms with E-state index in [2.05, 4.69) is 31.3 Å². The minimum absolute atomic E-state index is 0.0728. The van der Waals surface area contributed by atoms with Gasteiger partial charge in [0.2, 0.25) is 0 Å². The summed E-state index contributed by atoms with van der Waals surface area (Å²) in [5.41, 5.74) is 0.509. The van der Waals surface area contributed by atoms with E-state index in [0.29, 0.717) is 14.6 Å². The second-order valence-electron chi connectivity index (χ2n) is 6.58. The molecule has 1 N–H and O–H groups in total. The maximum atomic E-state index is 13.1. The lowest BCUT2D eigenvalue weighted by Crippen LogP contribution is -2.32. The van der Waals surface area contributed by atoms with Gasteiger partial charge in [0.25, 0.3) is 11.8 Å². The van der Waals surface area contributed by atoms with Crippen LogP contribution in [0.5, 0.6) is 0 Å². The molecule has 8 nitrogen and oxygen atoms in total. The first-order valence-electron chi connectivity index (χ1n) is 8.89. The molecule has 2 heterocycles. The molecule has 0 spiro atoms. The molecule has 1 aromatic carbocycles. The van der Waals surface area contributed by atoms with Gasteiger partial charge in [-0.15, -0.1) is 0 Å². The number of aromatic nitrogens is 3. The molecule has 0 radical (unpaired) electrons. The van der Waals surface area contributed by atoms with Crippen LogP contribution in [0.4, 0.5) is 5.69 Å². The van der Waals surface area contributed by atoms with Crippen molar-refractivity contribution in [1.82, 2.24) is 19.7 Å². The number of ketones is 1. The first-order chi connectivity index (χ1) is 14.7. The first-order valence-corrected chi connectivity index (χ1v) is 10.4. The van der Waals surface area contributed by atoms with Gasteiger partial charge in [0, 0.05) is 24.3 Å². The zero-order valence-electron chi connectivity index (χ0n) is 16.4. The molecule has 11 heteroatoms. The standard InChI is InChI=1S/C20H16BrCl2N5O3/c1-11(29)10-27(2)20(31)13-8-12(22)5-6-15(13)25-19(30)16-9-17(21)26-28(16)18-14(23)4-3-7-24-18/h3-9H,10H2,1-2H3,(H,25,30). The Morgan fingerprint density at radius 3 is 2.61 bits per heavy atom. The largest absolute Gasteiger partial charge is 0.334 e. The number of nitrogens with zero attached hydrogens (tertiary/aromatic N) is 4. The maximum absolute atomic E-state index is 13.1. The Balaban J connectivity index is 1.96. The highest BCUT2D eigenvalue weighted by Crippen LogP contribution is 2.25. The third-order valence-electron chi connectivity index (χ3n) is 4.12. The lowest BCUT2D eigenvalue weighted by Gasteiger charge is -2.18. The summed E-state index contributed by atoms with van der Waals surface area (Å²) in [6.45, 7) is 1.31. The molecule has 0 aliphatic carbocycles. The molecule has 0 saturated heterocycles. The van der Waals surface area contributed by atoms with Crippen LogP contribution in [0.3, 0.4) is 0 Å². The van der Waals surface area contributed by atoms with E-state index in [1.807, 2.05) is 0 Å². The van der Waals surface area contributed by atoms with Crippen LogP contribution in [-0.4, -0.2) is 50.9 Å². The average Bonchev–Trinajstić information content (AvgIpc) is 3.10. The summed E-state index contributed by atoms with van der Waals surface area (Å²) < 4.78 is 1.69. The highest BCUT2D eigenvalue weighted by molar-refractivity contribution is 9.10. The number of amides is 2. The minimum atomic E-state index is -0.550. The molecule has 0 aliphatic heterocycles. The van der Waals surface area contributed by atoms with E-state index in [9.17, 15) is 14.4 Å². The second-order valence-corrected chi connectivity index (χ2v) is 8.24. The van der Waals surface area contributed by atoms with Crippen LogP contribution in [0.15, 0.2) is 47.2 Å². The minimum Gasteiger partial charge on any atom is -0.334 e. The summed E-state index contributed by atoms with van der Waals surface area (Å²) in [7, 11) is 1.49. The highest BCUT2D eigenvalue weighted by atomic mass is 79.9. The van der Waals surface area contributed by atoms with Crippen LogP contribution in [-0.2, 0) is 4.79 Å². The van der Waals surface area contributed by atoms with E-state index in [-0.39, 0.29) is 35.1 Å². The van der Waals surface area contributed by atoms with Crippen LogP contribution >= 0.6 is 39.1 Å². The quantitative estimate of drug-likeness (QED) is 0.520. The molecule has 2 aromatic heterocycles. The number of likely N-dealkylation sites (N-methyl/N-ethyl adjacent to an activating group) is 1. The number of Topliss-reactive ketones (excluding diaryl/α,β-unsaturated/α-hetero) is 1. The molecular weight excluding hydrogens is 509 g/mol. The summed E-state index contributed by atoms with van der Waals surface area (Å²) in [5, 5.41) is 7.55. The van der Waals surface area contributed by atoms with Gasteiger partial charge in [-0.05, 0) is 53.2 Å². The van der Waals surface area contributed by atoms with Crippen LogP contribution < -0.4 is 5.32 Å². The Hall–Kier alpha value is -2.75. The highest BCUT2D eigenvalue weighted by Gasteiger charge is 2.22. The van der Waals surface area contributed by atoms with E-state index < -0.39 is 11.8 Å². The van der Waals surface area contributed by atoms with E-state index >= 15 is 0 Å². The second kappa shape index (κ2) is 9.59. The van der Waals surface area contributed by atoms with E-state index in [4.69, 9.17) is 23.2 Å². The van der Waals surface area contributed by atoms with Gasteiger partial charge in [-0.1, -0.05) is 23.2 Å². The van der Waals surface area contributed by atoms with Crippen molar-refractivity contribution in [2.45, 2.75) is 6.92 Å². The van der Waals surface area contributed by atoms with E-state index in [0.717, 1.165) is 0 Å². The summed E-state index contributed by atoms with van der Waals surface area (Å²) >= 11 is 15.5. The van der Waals surface area contributed by atoms with Crippen LogP contribution in [0.1, 0.15) is 27.8 Å². The number of nitrogens with one attached hydrogen (secondary N) is 1. The molecule has 3 rings (SSSR count). The Labute approximate surface area is 196 Å². The number of rotatable bonds is 6. The summed E-state index contributed by atoms with van der Waals surface area (Å²) in [6, 6.07) is 9.27. The number of hydrogen-bond donors (Lipinski definition) is 1. The van der Waals surface area contributed by atoms with Gasteiger partial charge in [0.15, 0.2) is 5.82 Å². The van der Waals surface area contributed by atoms with Crippen LogP contribution in [0.2, 0.25) is 10.0 Å². The SMILES string of the molecule is CC(=O)CN(C)C(=O)c1cc(Cl)ccc1NC(=O)c1cc(Br)nn1-c1ncccc1Cl. The molecular formula is C20H16BrCl2N5O3. The number of hydrogen-bond acceptors (Lipinski definition) is 5. The van der Waals surface area contributed by atoms with E-state index in [1.165, 1.54) is 47.9 Å². The fraction of sp³-hybridized carbons (Fsp3) is 0.150. The van der Waals surface area contributed by atoms with Crippen molar-refractivity contribution < 1.29 is 14.4 Å². The molecule has 31 heavy (non-hydrogen) atoms. The first kappa shape index (κ1) is 22.9. The summed E-state index contributed by atoms with van der Waals surface area (Å²) in [6.07, 6.45) is 1.53. The molecule has 2 amide bonds. The fourth-order valence-electron chi connectivity index (χ4n) is 2.81. The molecule has 0 saturated carbocycles. The van der Waals surface area contributed by atoms with Crippen molar-refractivity contribution in [1.29, 1.82) is 0 Å². The molecule has 0 aliphatic rings. The fourth-order valence-corrected chi connectivity index (χ4v) is 3.56. The lowest BCUT2D eigenvalue weighted by molar-refractivity contribution is -0.117. The van der Waals surface area contributed by atoms with Gasteiger partial charge in [-0.2, -0.15) is 5.10 Å². The maximum Gasteiger partial charge on any atom is 0.274 e. The normalized spacial score (nSPS) is 10.6. The predicted octanol–water partition coefficient (Wildman–Crippen LogP) is 4.25. The lowest BCUT2D eigenvalue weighted by atomic mass is 10.1. The van der Waals surface area contributed by atoms with Crippen molar-refractivity contribution >= 4 is 62.4 Å². The van der Waals surface area contributed by atoms with E-state index in [1.54, 1.807) is 18.2 Å². The molecule has 0 fully saturated rings. The van der Waals surface area contributed by atoms with Gasteiger partial charge in [0.1, 0.15) is 16.1 Å². The topological polar surface area (TPSA) is 97.2 Å². The summed E-state index contributed by atoms with van der Waals surface area (Å²) in [4.78, 5) is 42.7. The number of anilines is 1. The van der Waals surface area contributed by atoms with Gasteiger partial charge in [0.05, 0.1) is 22.8 Å². The third-order valence-corrected chi connectivity index (χ3v) is 5.04. The number of carbonyl (C=O) groups excluding carboxylic acids is 3. The molecule has 3 aromatic rings. The zero-order chi connectivity index (χ0) is 22.7.